The summed E-state index contributed by atoms with van der Waals surface area (Å²) < 4.78 is 0. The van der Waals surface area contributed by atoms with E-state index in [2.05, 4.69) is 39.1 Å². The van der Waals surface area contributed by atoms with Crippen molar-refractivity contribution in [1.29, 1.82) is 0 Å². The van der Waals surface area contributed by atoms with Crippen molar-refractivity contribution in [2.75, 3.05) is 6.54 Å². The minimum Gasteiger partial charge on any atom is -0.384 e. The molecule has 0 radical (unpaired) electrons. The molecular formula is C16H25NO. The first-order chi connectivity index (χ1) is 8.35. The highest BCUT2D eigenvalue weighted by Gasteiger charge is 2.38. The molecule has 0 saturated carbocycles. The summed E-state index contributed by atoms with van der Waals surface area (Å²) in [4.78, 5) is 0. The molecule has 0 bridgehead atoms. The smallest absolute Gasteiger partial charge is 0.103 e. The van der Waals surface area contributed by atoms with Crippen LogP contribution >= 0.6 is 0 Å². The van der Waals surface area contributed by atoms with Crippen LogP contribution in [0.3, 0.4) is 0 Å². The van der Waals surface area contributed by atoms with Crippen LogP contribution in [0.25, 0.3) is 0 Å². The summed E-state index contributed by atoms with van der Waals surface area (Å²) in [5.74, 6) is 0. The predicted octanol–water partition coefficient (Wildman–Crippen LogP) is 2.88. The molecule has 2 N–H and O–H groups in total. The van der Waals surface area contributed by atoms with Gasteiger partial charge in [0, 0.05) is 6.04 Å². The van der Waals surface area contributed by atoms with Gasteiger partial charge in [-0.1, -0.05) is 6.07 Å². The van der Waals surface area contributed by atoms with Crippen LogP contribution in [0.5, 0.6) is 0 Å². The highest BCUT2D eigenvalue weighted by atomic mass is 16.3. The number of rotatable bonds is 2. The van der Waals surface area contributed by atoms with Gasteiger partial charge in [0.1, 0.15) is 5.60 Å². The van der Waals surface area contributed by atoms with Gasteiger partial charge in [0.25, 0.3) is 0 Å². The van der Waals surface area contributed by atoms with E-state index in [1.807, 2.05) is 6.92 Å². The highest BCUT2D eigenvalue weighted by Crippen LogP contribution is 2.36. The Balaban J connectivity index is 2.55. The van der Waals surface area contributed by atoms with Crippen LogP contribution in [0.1, 0.15) is 47.6 Å². The Hall–Kier alpha value is -0.860. The third-order valence-electron chi connectivity index (χ3n) is 4.61. The Bertz CT molecular complexity index is 430. The molecule has 0 amide bonds. The lowest BCUT2D eigenvalue weighted by Crippen LogP contribution is -2.44. The third kappa shape index (κ3) is 2.08. The maximum Gasteiger partial charge on any atom is 0.103 e. The average Bonchev–Trinajstić information content (AvgIpc) is 2.80. The fourth-order valence-electron chi connectivity index (χ4n) is 3.31. The van der Waals surface area contributed by atoms with Crippen LogP contribution < -0.4 is 5.32 Å². The van der Waals surface area contributed by atoms with E-state index in [1.54, 1.807) is 0 Å². The van der Waals surface area contributed by atoms with E-state index in [1.165, 1.54) is 22.3 Å². The van der Waals surface area contributed by atoms with Crippen LogP contribution in [0.4, 0.5) is 0 Å². The molecule has 0 aliphatic carbocycles. The minimum absolute atomic E-state index is 0.177. The molecule has 2 atom stereocenters. The van der Waals surface area contributed by atoms with Crippen molar-refractivity contribution >= 4 is 0 Å². The van der Waals surface area contributed by atoms with Gasteiger partial charge in [-0.25, -0.2) is 0 Å². The Labute approximate surface area is 110 Å². The van der Waals surface area contributed by atoms with Crippen LogP contribution in [0.2, 0.25) is 0 Å². The van der Waals surface area contributed by atoms with Crippen LogP contribution in [0.15, 0.2) is 6.07 Å². The van der Waals surface area contributed by atoms with Crippen molar-refractivity contribution in [2.24, 2.45) is 0 Å². The van der Waals surface area contributed by atoms with Crippen LogP contribution in [0, 0.1) is 27.7 Å². The van der Waals surface area contributed by atoms with Crippen molar-refractivity contribution in [3.63, 3.8) is 0 Å². The Kier molecular flexibility index (Phi) is 3.52. The largest absolute Gasteiger partial charge is 0.384 e. The zero-order chi connectivity index (χ0) is 13.5. The molecule has 1 saturated heterocycles. The molecule has 2 rings (SSSR count). The van der Waals surface area contributed by atoms with Crippen molar-refractivity contribution in [1.82, 2.24) is 5.32 Å². The van der Waals surface area contributed by atoms with E-state index >= 15 is 0 Å². The summed E-state index contributed by atoms with van der Waals surface area (Å²) in [5.41, 5.74) is 5.35. The molecule has 1 aliphatic heterocycles. The predicted molar refractivity (Wildman–Crippen MR) is 76.0 cm³/mol. The Morgan fingerprint density at radius 1 is 1.17 bits per heavy atom. The van der Waals surface area contributed by atoms with E-state index < -0.39 is 5.60 Å². The lowest BCUT2D eigenvalue weighted by atomic mass is 9.79. The Morgan fingerprint density at radius 3 is 2.17 bits per heavy atom. The van der Waals surface area contributed by atoms with Gasteiger partial charge in [0.2, 0.25) is 0 Å². The quantitative estimate of drug-likeness (QED) is 0.842. The van der Waals surface area contributed by atoms with Gasteiger partial charge < -0.3 is 10.4 Å². The molecular weight excluding hydrogens is 222 g/mol. The standard InChI is InChI=1S/C16H25NO/c1-10-9-11(2)13(4)15(12(10)3)16(5,18)14-7-6-8-17-14/h9,14,17-18H,6-8H2,1-5H3. The van der Waals surface area contributed by atoms with Crippen LogP contribution in [-0.4, -0.2) is 17.7 Å². The first-order valence-electron chi connectivity index (χ1n) is 6.89. The first-order valence-corrected chi connectivity index (χ1v) is 6.89. The van der Waals surface area contributed by atoms with Gasteiger partial charge in [-0.05, 0) is 81.8 Å². The number of aliphatic hydroxyl groups is 1. The highest BCUT2D eigenvalue weighted by molar-refractivity contribution is 5.47. The normalized spacial score (nSPS) is 23.1. The monoisotopic (exact) mass is 247 g/mol. The van der Waals surface area contributed by atoms with E-state index in [4.69, 9.17) is 0 Å². The van der Waals surface area contributed by atoms with Crippen LogP contribution in [-0.2, 0) is 5.60 Å². The van der Waals surface area contributed by atoms with E-state index in [0.717, 1.165) is 24.9 Å². The van der Waals surface area contributed by atoms with Gasteiger partial charge >= 0.3 is 0 Å². The molecule has 2 nitrogen and oxygen atoms in total. The molecule has 1 aromatic carbocycles. The van der Waals surface area contributed by atoms with Gasteiger partial charge in [-0.3, -0.25) is 0 Å². The number of hydrogen-bond acceptors (Lipinski definition) is 2. The number of hydrogen-bond donors (Lipinski definition) is 2. The van der Waals surface area contributed by atoms with Crippen molar-refractivity contribution in [3.8, 4) is 0 Å². The molecule has 1 aromatic rings. The molecule has 1 aliphatic rings. The molecule has 1 fully saturated rings. The van der Waals surface area contributed by atoms with E-state index in [0.29, 0.717) is 0 Å². The summed E-state index contributed by atoms with van der Waals surface area (Å²) in [6, 6.07) is 2.39. The lowest BCUT2D eigenvalue weighted by Gasteiger charge is -2.34. The summed E-state index contributed by atoms with van der Waals surface area (Å²) in [6.45, 7) is 11.5. The SMILES string of the molecule is Cc1cc(C)c(C)c(C(C)(O)C2CCCN2)c1C. The summed E-state index contributed by atoms with van der Waals surface area (Å²) in [7, 11) is 0. The number of benzene rings is 1. The Morgan fingerprint density at radius 2 is 1.72 bits per heavy atom. The lowest BCUT2D eigenvalue weighted by molar-refractivity contribution is 0.0205. The molecule has 100 valence electrons. The van der Waals surface area contributed by atoms with E-state index in [9.17, 15) is 5.11 Å². The maximum atomic E-state index is 11.0. The van der Waals surface area contributed by atoms with Gasteiger partial charge in [-0.15, -0.1) is 0 Å². The fourth-order valence-corrected chi connectivity index (χ4v) is 3.31. The second-order valence-corrected chi connectivity index (χ2v) is 5.93. The zero-order valence-corrected chi connectivity index (χ0v) is 12.2. The molecule has 0 aromatic heterocycles. The topological polar surface area (TPSA) is 32.3 Å². The molecule has 0 spiro atoms. The third-order valence-corrected chi connectivity index (χ3v) is 4.61. The second kappa shape index (κ2) is 4.67. The fraction of sp³-hybridized carbons (Fsp3) is 0.625. The van der Waals surface area contributed by atoms with Gasteiger partial charge in [0.05, 0.1) is 0 Å². The summed E-state index contributed by atoms with van der Waals surface area (Å²) >= 11 is 0. The van der Waals surface area contributed by atoms with E-state index in [-0.39, 0.29) is 6.04 Å². The molecule has 18 heavy (non-hydrogen) atoms. The van der Waals surface area contributed by atoms with Crippen molar-refractivity contribution in [3.05, 3.63) is 33.9 Å². The number of aryl methyl sites for hydroxylation is 2. The second-order valence-electron chi connectivity index (χ2n) is 5.93. The molecule has 2 unspecified atom stereocenters. The molecule has 2 heteroatoms. The average molecular weight is 247 g/mol. The van der Waals surface area contributed by atoms with Gasteiger partial charge in [-0.2, -0.15) is 0 Å². The summed E-state index contributed by atoms with van der Waals surface area (Å²) in [6.07, 6.45) is 2.21. The van der Waals surface area contributed by atoms with Crippen molar-refractivity contribution < 1.29 is 5.11 Å². The first kappa shape index (κ1) is 13.6. The zero-order valence-electron chi connectivity index (χ0n) is 12.2. The van der Waals surface area contributed by atoms with Gasteiger partial charge in [0.15, 0.2) is 0 Å². The number of nitrogens with one attached hydrogen (secondary N) is 1. The minimum atomic E-state index is -0.776. The summed E-state index contributed by atoms with van der Waals surface area (Å²) in [5, 5.41) is 14.5. The maximum absolute atomic E-state index is 11.0. The van der Waals surface area contributed by atoms with Crippen molar-refractivity contribution in [2.45, 2.75) is 59.1 Å². The molecule has 1 heterocycles.